The summed E-state index contributed by atoms with van der Waals surface area (Å²) in [5.74, 6) is -0.650. The van der Waals surface area contributed by atoms with Gasteiger partial charge < -0.3 is 14.4 Å². The molecule has 1 aliphatic rings. The Kier molecular flexibility index (Phi) is 5.85. The van der Waals surface area contributed by atoms with Crippen LogP contribution < -0.4 is 4.90 Å². The van der Waals surface area contributed by atoms with Crippen molar-refractivity contribution in [3.63, 3.8) is 0 Å². The fourth-order valence-corrected chi connectivity index (χ4v) is 4.80. The first kappa shape index (κ1) is 18.9. The number of carbonyl (C=O) groups excluding carboxylic acids is 2. The summed E-state index contributed by atoms with van der Waals surface area (Å²) in [6.45, 7) is 2.66. The van der Waals surface area contributed by atoms with E-state index >= 15 is 0 Å². The van der Waals surface area contributed by atoms with Crippen molar-refractivity contribution in [1.82, 2.24) is 0 Å². The lowest BCUT2D eigenvalue weighted by atomic mass is 10.1. The molecule has 5 nitrogen and oxygen atoms in total. The second-order valence-electron chi connectivity index (χ2n) is 6.27. The number of ether oxygens (including phenoxy) is 2. The van der Waals surface area contributed by atoms with Crippen molar-refractivity contribution in [3.8, 4) is 11.1 Å². The number of carbonyl (C=O) groups is 2. The maximum atomic E-state index is 12.6. The van der Waals surface area contributed by atoms with Crippen molar-refractivity contribution < 1.29 is 19.1 Å². The van der Waals surface area contributed by atoms with Gasteiger partial charge >= 0.3 is 5.97 Å². The van der Waals surface area contributed by atoms with Gasteiger partial charge in [-0.3, -0.25) is 4.79 Å². The Labute approximate surface area is 171 Å². The number of morpholine rings is 1. The van der Waals surface area contributed by atoms with E-state index in [4.69, 9.17) is 9.47 Å². The second kappa shape index (κ2) is 8.68. The molecule has 0 saturated carbocycles. The number of esters is 1. The molecule has 144 valence electrons. The highest BCUT2D eigenvalue weighted by atomic mass is 32.1. The summed E-state index contributed by atoms with van der Waals surface area (Å²) in [6, 6.07) is 15.4. The van der Waals surface area contributed by atoms with Crippen molar-refractivity contribution in [3.05, 3.63) is 63.7 Å². The first-order chi connectivity index (χ1) is 13.7. The zero-order valence-electron chi connectivity index (χ0n) is 15.1. The van der Waals surface area contributed by atoms with Crippen LogP contribution in [0.1, 0.15) is 19.3 Å². The third kappa shape index (κ3) is 4.16. The Morgan fingerprint density at radius 2 is 1.82 bits per heavy atom. The topological polar surface area (TPSA) is 55.8 Å². The van der Waals surface area contributed by atoms with Crippen LogP contribution in [0.4, 0.5) is 5.00 Å². The van der Waals surface area contributed by atoms with Gasteiger partial charge in [0.2, 0.25) is 5.78 Å². The molecular weight excluding hydrogens is 394 g/mol. The van der Waals surface area contributed by atoms with Crippen molar-refractivity contribution in [2.75, 3.05) is 37.8 Å². The molecular formula is C21H19NO4S2. The second-order valence-corrected chi connectivity index (χ2v) is 8.25. The number of hydrogen-bond donors (Lipinski definition) is 0. The standard InChI is InChI=1S/C21H19NO4S2/c23-17(18-7-4-12-27-18)14-26-21(24)19-13-16(15-5-2-1-3-6-15)20(28-19)22-8-10-25-11-9-22/h1-7,12-13H,8-11,14H2. The van der Waals surface area contributed by atoms with E-state index < -0.39 is 5.97 Å². The number of Topliss-reactive ketones (excluding diaryl/α,β-unsaturated/α-hetero) is 1. The molecule has 0 unspecified atom stereocenters. The van der Waals surface area contributed by atoms with Gasteiger partial charge in [0.25, 0.3) is 0 Å². The number of nitrogens with zero attached hydrogens (tertiary/aromatic N) is 1. The molecule has 1 saturated heterocycles. The minimum absolute atomic E-state index is 0.184. The number of hydrogen-bond acceptors (Lipinski definition) is 7. The molecule has 4 rings (SSSR count). The highest BCUT2D eigenvalue weighted by Gasteiger charge is 2.23. The van der Waals surface area contributed by atoms with Gasteiger partial charge in [0.1, 0.15) is 4.88 Å². The Bertz CT molecular complexity index is 944. The van der Waals surface area contributed by atoms with E-state index in [1.54, 1.807) is 12.1 Å². The zero-order valence-corrected chi connectivity index (χ0v) is 16.8. The summed E-state index contributed by atoms with van der Waals surface area (Å²) in [4.78, 5) is 28.0. The molecule has 28 heavy (non-hydrogen) atoms. The first-order valence-electron chi connectivity index (χ1n) is 8.98. The normalized spacial score (nSPS) is 14.1. The van der Waals surface area contributed by atoms with Crippen LogP contribution in [0.2, 0.25) is 0 Å². The lowest BCUT2D eigenvalue weighted by Crippen LogP contribution is -2.35. The molecule has 3 aromatic rings. The molecule has 3 heterocycles. The number of anilines is 1. The smallest absolute Gasteiger partial charge is 0.348 e. The number of ketones is 1. The third-order valence-electron chi connectivity index (χ3n) is 4.43. The molecule has 0 bridgehead atoms. The van der Waals surface area contributed by atoms with Crippen LogP contribution in [0.5, 0.6) is 0 Å². The molecule has 0 atom stereocenters. The van der Waals surface area contributed by atoms with Crippen LogP contribution in [0.15, 0.2) is 53.9 Å². The molecule has 0 aliphatic carbocycles. The minimum Gasteiger partial charge on any atom is -0.453 e. The lowest BCUT2D eigenvalue weighted by Gasteiger charge is -2.28. The lowest BCUT2D eigenvalue weighted by molar-refractivity contribution is 0.0480. The quantitative estimate of drug-likeness (QED) is 0.444. The van der Waals surface area contributed by atoms with E-state index in [1.807, 2.05) is 41.8 Å². The fourth-order valence-electron chi connectivity index (χ4n) is 3.02. The predicted octanol–water partition coefficient (Wildman–Crippen LogP) is 4.35. The van der Waals surface area contributed by atoms with Gasteiger partial charge in [0.15, 0.2) is 6.61 Å². The SMILES string of the molecule is O=C(COC(=O)c1cc(-c2ccccc2)c(N2CCOCC2)s1)c1cccs1. The van der Waals surface area contributed by atoms with Crippen LogP contribution in [0, 0.1) is 0 Å². The zero-order chi connectivity index (χ0) is 19.3. The number of rotatable bonds is 6. The van der Waals surface area contributed by atoms with Crippen LogP contribution >= 0.6 is 22.7 Å². The summed E-state index contributed by atoms with van der Waals surface area (Å²) >= 11 is 2.75. The van der Waals surface area contributed by atoms with E-state index in [2.05, 4.69) is 4.90 Å². The van der Waals surface area contributed by atoms with Gasteiger partial charge in [0, 0.05) is 18.7 Å². The average Bonchev–Trinajstić information content (AvgIpc) is 3.43. The molecule has 1 aromatic carbocycles. The predicted molar refractivity (Wildman–Crippen MR) is 112 cm³/mol. The molecule has 1 fully saturated rings. The van der Waals surface area contributed by atoms with Gasteiger partial charge in [-0.2, -0.15) is 0 Å². The molecule has 7 heteroatoms. The van der Waals surface area contributed by atoms with Gasteiger partial charge in [-0.05, 0) is 23.1 Å². The van der Waals surface area contributed by atoms with Crippen molar-refractivity contribution in [1.29, 1.82) is 0 Å². The molecule has 0 amide bonds. The maximum Gasteiger partial charge on any atom is 0.348 e. The Morgan fingerprint density at radius 3 is 2.54 bits per heavy atom. The van der Waals surface area contributed by atoms with E-state index in [-0.39, 0.29) is 12.4 Å². The number of thiophene rings is 2. The molecule has 0 spiro atoms. The molecule has 0 radical (unpaired) electrons. The van der Waals surface area contributed by atoms with Gasteiger partial charge in [-0.25, -0.2) is 4.79 Å². The van der Waals surface area contributed by atoms with E-state index in [0.29, 0.717) is 23.0 Å². The van der Waals surface area contributed by atoms with Crippen molar-refractivity contribution >= 4 is 39.4 Å². The van der Waals surface area contributed by atoms with Crippen LogP contribution in [-0.2, 0) is 9.47 Å². The summed E-state index contributed by atoms with van der Waals surface area (Å²) in [5.41, 5.74) is 2.05. The molecule has 2 aromatic heterocycles. The largest absolute Gasteiger partial charge is 0.453 e. The van der Waals surface area contributed by atoms with E-state index in [0.717, 1.165) is 29.2 Å². The summed E-state index contributed by atoms with van der Waals surface area (Å²) in [7, 11) is 0. The van der Waals surface area contributed by atoms with Crippen molar-refractivity contribution in [2.45, 2.75) is 0 Å². The monoisotopic (exact) mass is 413 g/mol. The van der Waals surface area contributed by atoms with E-state index in [1.165, 1.54) is 22.7 Å². The summed E-state index contributed by atoms with van der Waals surface area (Å²) in [6.07, 6.45) is 0. The highest BCUT2D eigenvalue weighted by Crippen LogP contribution is 2.39. The fraction of sp³-hybridized carbons (Fsp3) is 0.238. The van der Waals surface area contributed by atoms with Crippen molar-refractivity contribution in [2.24, 2.45) is 0 Å². The highest BCUT2D eigenvalue weighted by molar-refractivity contribution is 7.18. The molecule has 1 aliphatic heterocycles. The van der Waals surface area contributed by atoms with E-state index in [9.17, 15) is 9.59 Å². The summed E-state index contributed by atoms with van der Waals surface area (Å²) < 4.78 is 10.7. The molecule has 0 N–H and O–H groups in total. The van der Waals surface area contributed by atoms with Gasteiger partial charge in [-0.15, -0.1) is 22.7 Å². The van der Waals surface area contributed by atoms with Gasteiger partial charge in [-0.1, -0.05) is 36.4 Å². The Balaban J connectivity index is 1.56. The minimum atomic E-state index is -0.466. The maximum absolute atomic E-state index is 12.6. The number of benzene rings is 1. The van der Waals surface area contributed by atoms with Gasteiger partial charge in [0.05, 0.1) is 23.1 Å². The first-order valence-corrected chi connectivity index (χ1v) is 10.7. The van der Waals surface area contributed by atoms with Crippen LogP contribution in [-0.4, -0.2) is 44.7 Å². The Morgan fingerprint density at radius 1 is 1.04 bits per heavy atom. The van der Waals surface area contributed by atoms with Crippen LogP contribution in [0.3, 0.4) is 0 Å². The average molecular weight is 414 g/mol. The Hall–Kier alpha value is -2.48. The third-order valence-corrected chi connectivity index (χ3v) is 6.51. The van der Waals surface area contributed by atoms with Crippen LogP contribution in [0.25, 0.3) is 11.1 Å². The summed E-state index contributed by atoms with van der Waals surface area (Å²) in [5, 5.41) is 2.86.